The van der Waals surface area contributed by atoms with Crippen molar-refractivity contribution in [2.24, 2.45) is 28.3 Å². The number of carbonyl (C=O) groups excluding carboxylic acids is 3. The maximum Gasteiger partial charge on any atom is 0.255 e. The summed E-state index contributed by atoms with van der Waals surface area (Å²) in [5.41, 5.74) is 9.41. The lowest BCUT2D eigenvalue weighted by molar-refractivity contribution is -0.153. The number of aliphatic hydroxyl groups excluding tert-OH is 2. The van der Waals surface area contributed by atoms with Crippen molar-refractivity contribution in [3.8, 4) is 5.75 Å². The van der Waals surface area contributed by atoms with Gasteiger partial charge < -0.3 is 41.7 Å². The minimum Gasteiger partial charge on any atom is -0.508 e. The van der Waals surface area contributed by atoms with Crippen LogP contribution in [0.4, 0.5) is 5.69 Å². The number of guanidine groups is 1. The zero-order valence-corrected chi connectivity index (χ0v) is 24.8. The third-order valence-electron chi connectivity index (χ3n) is 8.76. The first kappa shape index (κ1) is 30.8. The fraction of sp³-hybridized carbons (Fsp3) is 0.517. The average Bonchev–Trinajstić information content (AvgIpc) is 2.90. The van der Waals surface area contributed by atoms with Gasteiger partial charge in [-0.2, -0.15) is 0 Å². The van der Waals surface area contributed by atoms with Crippen molar-refractivity contribution < 1.29 is 34.8 Å². The van der Waals surface area contributed by atoms with Gasteiger partial charge in [0.25, 0.3) is 5.91 Å². The fourth-order valence-corrected chi connectivity index (χ4v) is 6.68. The van der Waals surface area contributed by atoms with Gasteiger partial charge in [0.2, 0.25) is 5.78 Å². The number of likely N-dealkylation sites (N-methyl/N-ethyl adjacent to an activating group) is 1. The van der Waals surface area contributed by atoms with Gasteiger partial charge in [0.1, 0.15) is 22.8 Å². The molecule has 13 heteroatoms. The van der Waals surface area contributed by atoms with E-state index in [0.717, 1.165) is 0 Å². The van der Waals surface area contributed by atoms with Crippen LogP contribution in [-0.2, 0) is 27.3 Å². The molecule has 3 aliphatic carbocycles. The minimum absolute atomic E-state index is 0.00753. The van der Waals surface area contributed by atoms with Crippen LogP contribution in [-0.4, -0.2) is 107 Å². The number of primary amides is 1. The number of ketones is 2. The van der Waals surface area contributed by atoms with E-state index in [1.807, 2.05) is 23.6 Å². The monoisotopic (exact) mass is 584 g/mol. The van der Waals surface area contributed by atoms with Crippen molar-refractivity contribution in [2.45, 2.75) is 44.9 Å². The molecule has 13 nitrogen and oxygen atoms in total. The first-order valence-electron chi connectivity index (χ1n) is 13.9. The molecule has 0 aromatic heterocycles. The number of carbonyl (C=O) groups is 3. The molecule has 1 aromatic carbocycles. The molecule has 42 heavy (non-hydrogen) atoms. The van der Waals surface area contributed by atoms with E-state index < -0.39 is 58.0 Å². The maximum absolute atomic E-state index is 14.1. The zero-order valence-electron chi connectivity index (χ0n) is 24.8. The van der Waals surface area contributed by atoms with Crippen molar-refractivity contribution in [3.05, 3.63) is 39.7 Å². The number of Topliss-reactive ketones (excluding diaryl/α,β-unsaturated/α-hetero) is 2. The van der Waals surface area contributed by atoms with Gasteiger partial charge in [-0.3, -0.25) is 19.3 Å². The third-order valence-corrected chi connectivity index (χ3v) is 8.76. The van der Waals surface area contributed by atoms with Crippen LogP contribution >= 0.6 is 0 Å². The number of aliphatic hydroxyl groups is 3. The molecule has 1 amide bonds. The van der Waals surface area contributed by atoms with Crippen molar-refractivity contribution in [2.75, 3.05) is 46.2 Å². The molecule has 8 N–H and O–H groups in total. The summed E-state index contributed by atoms with van der Waals surface area (Å²) < 4.78 is 0. The Morgan fingerprint density at radius 2 is 1.71 bits per heavy atom. The highest BCUT2D eigenvalue weighted by molar-refractivity contribution is 6.24. The molecule has 1 fully saturated rings. The summed E-state index contributed by atoms with van der Waals surface area (Å²) in [6.07, 6.45) is 0.215. The predicted molar refractivity (Wildman–Crippen MR) is 157 cm³/mol. The number of nitrogens with two attached hydrogens (primary N) is 2. The molecule has 0 saturated heterocycles. The molecular formula is C29H40N6O7. The molecule has 228 valence electrons. The van der Waals surface area contributed by atoms with E-state index in [1.165, 1.54) is 4.90 Å². The van der Waals surface area contributed by atoms with Crippen LogP contribution in [0.25, 0.3) is 5.76 Å². The number of phenolic OH excluding ortho intramolecular Hbond substituents is 1. The van der Waals surface area contributed by atoms with E-state index in [1.54, 1.807) is 34.3 Å². The van der Waals surface area contributed by atoms with E-state index >= 15 is 0 Å². The molecule has 3 aliphatic rings. The summed E-state index contributed by atoms with van der Waals surface area (Å²) in [7, 11) is 6.74. The van der Waals surface area contributed by atoms with Crippen LogP contribution in [0.5, 0.6) is 5.75 Å². The maximum atomic E-state index is 14.1. The number of phenols is 1. The molecule has 0 spiro atoms. The van der Waals surface area contributed by atoms with Gasteiger partial charge in [0, 0.05) is 49.9 Å². The quantitative estimate of drug-likeness (QED) is 0.145. The van der Waals surface area contributed by atoms with Gasteiger partial charge >= 0.3 is 0 Å². The SMILES string of the molecule is CCN(CC)C(N)=NCc1cc(N(C)C)c2c(c1O)C(O)=C1C(=O)[C@]3(O)C(O)=C(C(N)=O)C(=O)[C@@H](N(C)C)C3CC1C2. The first-order valence-corrected chi connectivity index (χ1v) is 13.9. The molecule has 4 atom stereocenters. The van der Waals surface area contributed by atoms with E-state index in [0.29, 0.717) is 29.9 Å². The highest BCUT2D eigenvalue weighted by Crippen LogP contribution is 2.54. The summed E-state index contributed by atoms with van der Waals surface area (Å²) >= 11 is 0. The van der Waals surface area contributed by atoms with Crippen LogP contribution in [0.3, 0.4) is 0 Å². The van der Waals surface area contributed by atoms with Gasteiger partial charge in [0.15, 0.2) is 17.3 Å². The summed E-state index contributed by atoms with van der Waals surface area (Å²) in [6, 6.07) is 0.619. The second kappa shape index (κ2) is 11.0. The van der Waals surface area contributed by atoms with Crippen molar-refractivity contribution >= 4 is 34.9 Å². The third kappa shape index (κ3) is 4.47. The van der Waals surface area contributed by atoms with E-state index in [9.17, 15) is 34.8 Å². The first-order chi connectivity index (χ1) is 19.6. The number of hydrogen-bond acceptors (Lipinski definition) is 10. The topological polar surface area (TPSA) is 206 Å². The van der Waals surface area contributed by atoms with Crippen molar-refractivity contribution in [1.82, 2.24) is 9.80 Å². The highest BCUT2D eigenvalue weighted by Gasteiger charge is 2.64. The van der Waals surface area contributed by atoms with E-state index in [-0.39, 0.29) is 42.2 Å². The Hall–Kier alpha value is -4.10. The van der Waals surface area contributed by atoms with E-state index in [4.69, 9.17) is 11.5 Å². The van der Waals surface area contributed by atoms with Gasteiger partial charge in [-0.05, 0) is 58.3 Å². The zero-order chi connectivity index (χ0) is 31.4. The van der Waals surface area contributed by atoms with Crippen molar-refractivity contribution in [3.63, 3.8) is 0 Å². The van der Waals surface area contributed by atoms with Crippen molar-refractivity contribution in [1.29, 1.82) is 0 Å². The van der Waals surface area contributed by atoms with Gasteiger partial charge in [0.05, 0.1) is 18.2 Å². The Kier molecular flexibility index (Phi) is 8.04. The summed E-state index contributed by atoms with van der Waals surface area (Å²) in [6.45, 7) is 5.16. The second-order valence-corrected chi connectivity index (χ2v) is 11.5. The Bertz CT molecular complexity index is 1440. The molecular weight excluding hydrogens is 544 g/mol. The number of hydrogen-bond donors (Lipinski definition) is 6. The lowest BCUT2D eigenvalue weighted by Gasteiger charge is -2.50. The largest absolute Gasteiger partial charge is 0.508 e. The summed E-state index contributed by atoms with van der Waals surface area (Å²) in [5.74, 6) is -6.58. The van der Waals surface area contributed by atoms with Crippen LogP contribution < -0.4 is 16.4 Å². The number of nitrogens with zero attached hydrogens (tertiary/aromatic N) is 4. The summed E-state index contributed by atoms with van der Waals surface area (Å²) in [4.78, 5) is 49.1. The molecule has 1 saturated carbocycles. The highest BCUT2D eigenvalue weighted by atomic mass is 16.3. The number of aliphatic imine (C=N–C) groups is 1. The van der Waals surface area contributed by atoms with E-state index in [2.05, 4.69) is 4.99 Å². The van der Waals surface area contributed by atoms with Gasteiger partial charge in [-0.15, -0.1) is 0 Å². The number of anilines is 1. The smallest absolute Gasteiger partial charge is 0.255 e. The standard InChI is InChI=1S/C29H40N6O7/c1-7-35(8-2)28(31)32-12-14-11-17(33(3)4)15-9-13-10-16-21(34(5)6)24(38)20(27(30)41)26(40)29(16,42)25(39)18(13)23(37)19(15)22(14)36/h11,13,16,21,36-37,40,42H,7-10,12H2,1-6H3,(H2,30,41)(H2,31,32)/t13?,16?,21-,29-/m0/s1. The average molecular weight is 585 g/mol. The van der Waals surface area contributed by atoms with Crippen LogP contribution in [0, 0.1) is 11.8 Å². The molecule has 4 rings (SSSR count). The molecule has 0 bridgehead atoms. The number of aromatic hydroxyl groups is 1. The molecule has 1 aromatic rings. The fourth-order valence-electron chi connectivity index (χ4n) is 6.68. The number of amides is 1. The Morgan fingerprint density at radius 3 is 2.24 bits per heavy atom. The Morgan fingerprint density at radius 1 is 1.10 bits per heavy atom. The molecule has 0 heterocycles. The molecule has 0 aliphatic heterocycles. The summed E-state index contributed by atoms with van der Waals surface area (Å²) in [5, 5.41) is 45.8. The van der Waals surface area contributed by atoms with Crippen LogP contribution in [0.2, 0.25) is 0 Å². The number of rotatable bonds is 7. The van der Waals surface area contributed by atoms with Gasteiger partial charge in [-0.1, -0.05) is 0 Å². The lowest BCUT2D eigenvalue weighted by atomic mass is 9.57. The molecule has 0 radical (unpaired) electrons. The van der Waals surface area contributed by atoms with Gasteiger partial charge in [-0.25, -0.2) is 4.99 Å². The Labute approximate surface area is 244 Å². The van der Waals surface area contributed by atoms with Crippen LogP contribution in [0.1, 0.15) is 37.0 Å². The number of benzene rings is 1. The minimum atomic E-state index is -2.69. The predicted octanol–water partition coefficient (Wildman–Crippen LogP) is 0.187. The second-order valence-electron chi connectivity index (χ2n) is 11.5. The van der Waals surface area contributed by atoms with Crippen LogP contribution in [0.15, 0.2) is 28.0 Å². The Balaban J connectivity index is 1.93. The normalized spacial score (nSPS) is 25.8. The molecule has 2 unspecified atom stereocenters. The number of fused-ring (bicyclic) bond motifs is 3. The lowest BCUT2D eigenvalue weighted by Crippen LogP contribution is -2.65.